The van der Waals surface area contributed by atoms with Crippen molar-refractivity contribution in [3.05, 3.63) is 23.5 Å². The van der Waals surface area contributed by atoms with Gasteiger partial charge in [0.05, 0.1) is 0 Å². The van der Waals surface area contributed by atoms with Crippen molar-refractivity contribution in [3.63, 3.8) is 0 Å². The zero-order chi connectivity index (χ0) is 12.3. The van der Waals surface area contributed by atoms with Crippen LogP contribution in [0.1, 0.15) is 35.4 Å². The van der Waals surface area contributed by atoms with Gasteiger partial charge >= 0.3 is 0 Å². The molecule has 0 radical (unpaired) electrons. The molecule has 94 valence electrons. The number of aryl methyl sites for hydroxylation is 1. The van der Waals surface area contributed by atoms with Crippen LogP contribution in [0.4, 0.5) is 0 Å². The molecule has 1 saturated heterocycles. The molecule has 1 amide bonds. The molecule has 0 aromatic carbocycles. The van der Waals surface area contributed by atoms with E-state index in [0.29, 0.717) is 6.04 Å². The summed E-state index contributed by atoms with van der Waals surface area (Å²) in [6.45, 7) is 3.87. The van der Waals surface area contributed by atoms with Crippen LogP contribution in [-0.2, 0) is 7.05 Å². The van der Waals surface area contributed by atoms with Gasteiger partial charge in [0.15, 0.2) is 0 Å². The number of amides is 1. The first-order valence-electron chi connectivity index (χ1n) is 6.32. The molecule has 1 atom stereocenters. The summed E-state index contributed by atoms with van der Waals surface area (Å²) in [7, 11) is 1.92. The lowest BCUT2D eigenvalue weighted by atomic mass is 10.1. The van der Waals surface area contributed by atoms with E-state index in [1.54, 1.807) is 0 Å². The summed E-state index contributed by atoms with van der Waals surface area (Å²) in [5, 5.41) is 6.41. The third-order valence-electron chi connectivity index (χ3n) is 3.55. The van der Waals surface area contributed by atoms with E-state index in [0.717, 1.165) is 30.9 Å². The highest BCUT2D eigenvalue weighted by Crippen LogP contribution is 2.08. The first-order valence-corrected chi connectivity index (χ1v) is 6.32. The predicted octanol–water partition coefficient (Wildman–Crippen LogP) is 1.21. The van der Waals surface area contributed by atoms with E-state index >= 15 is 0 Å². The van der Waals surface area contributed by atoms with E-state index in [4.69, 9.17) is 0 Å². The smallest absolute Gasteiger partial charge is 0.267 e. The molecule has 2 N–H and O–H groups in total. The van der Waals surface area contributed by atoms with Gasteiger partial charge in [0, 0.05) is 25.3 Å². The molecule has 0 saturated carbocycles. The fourth-order valence-electron chi connectivity index (χ4n) is 2.29. The Kier molecular flexibility index (Phi) is 3.84. The minimum Gasteiger partial charge on any atom is -0.351 e. The minimum absolute atomic E-state index is 0.0265. The normalized spacial score (nSPS) is 19.5. The molecule has 17 heavy (non-hydrogen) atoms. The summed E-state index contributed by atoms with van der Waals surface area (Å²) in [4.78, 5) is 11.9. The minimum atomic E-state index is 0.0265. The Bertz CT molecular complexity index is 391. The molecule has 1 aromatic rings. The van der Waals surface area contributed by atoms with Crippen molar-refractivity contribution in [2.45, 2.75) is 32.2 Å². The average molecular weight is 235 g/mol. The summed E-state index contributed by atoms with van der Waals surface area (Å²) in [6, 6.07) is 4.43. The average Bonchev–Trinajstić information content (AvgIpc) is 2.91. The van der Waals surface area contributed by atoms with E-state index < -0.39 is 0 Å². The fraction of sp³-hybridized carbons (Fsp3) is 0.615. The molecule has 1 aliphatic heterocycles. The van der Waals surface area contributed by atoms with Crippen molar-refractivity contribution >= 4 is 5.91 Å². The molecule has 0 bridgehead atoms. The van der Waals surface area contributed by atoms with Crippen molar-refractivity contribution in [3.8, 4) is 0 Å². The summed E-state index contributed by atoms with van der Waals surface area (Å²) in [6.07, 6.45) is 3.52. The van der Waals surface area contributed by atoms with Crippen molar-refractivity contribution in [2.75, 3.05) is 13.1 Å². The molecular formula is C13H21N3O. The molecule has 2 rings (SSSR count). The number of hydrogen-bond donors (Lipinski definition) is 2. The summed E-state index contributed by atoms with van der Waals surface area (Å²) in [5.74, 6) is 0.0265. The van der Waals surface area contributed by atoms with E-state index in [2.05, 4.69) is 10.6 Å². The van der Waals surface area contributed by atoms with Gasteiger partial charge in [0.25, 0.3) is 5.91 Å². The van der Waals surface area contributed by atoms with Gasteiger partial charge in [0.1, 0.15) is 5.69 Å². The highest BCUT2D eigenvalue weighted by atomic mass is 16.1. The van der Waals surface area contributed by atoms with E-state index in [9.17, 15) is 4.79 Å². The second-order valence-corrected chi connectivity index (χ2v) is 4.76. The van der Waals surface area contributed by atoms with Gasteiger partial charge in [-0.1, -0.05) is 0 Å². The lowest BCUT2D eigenvalue weighted by Gasteiger charge is -2.11. The summed E-state index contributed by atoms with van der Waals surface area (Å²) < 4.78 is 1.92. The van der Waals surface area contributed by atoms with Crippen LogP contribution in [0.25, 0.3) is 0 Å². The van der Waals surface area contributed by atoms with E-state index in [1.165, 1.54) is 12.8 Å². The molecule has 1 fully saturated rings. The first kappa shape index (κ1) is 12.2. The monoisotopic (exact) mass is 235 g/mol. The highest BCUT2D eigenvalue weighted by molar-refractivity contribution is 5.92. The summed E-state index contributed by atoms with van der Waals surface area (Å²) in [5.41, 5.74) is 1.84. The molecule has 4 nitrogen and oxygen atoms in total. The quantitative estimate of drug-likeness (QED) is 0.824. The van der Waals surface area contributed by atoms with Gasteiger partial charge in [-0.3, -0.25) is 4.79 Å². The van der Waals surface area contributed by atoms with Gasteiger partial charge in [-0.25, -0.2) is 0 Å². The third-order valence-corrected chi connectivity index (χ3v) is 3.55. The second-order valence-electron chi connectivity index (χ2n) is 4.76. The second kappa shape index (κ2) is 5.36. The van der Waals surface area contributed by atoms with E-state index in [-0.39, 0.29) is 5.91 Å². The van der Waals surface area contributed by atoms with Crippen LogP contribution in [0.3, 0.4) is 0 Å². The number of rotatable bonds is 4. The largest absolute Gasteiger partial charge is 0.351 e. The maximum atomic E-state index is 11.9. The van der Waals surface area contributed by atoms with Crippen molar-refractivity contribution in [1.29, 1.82) is 0 Å². The van der Waals surface area contributed by atoms with Gasteiger partial charge in [0.2, 0.25) is 0 Å². The van der Waals surface area contributed by atoms with Crippen molar-refractivity contribution in [1.82, 2.24) is 15.2 Å². The molecule has 0 spiro atoms. The van der Waals surface area contributed by atoms with Gasteiger partial charge in [-0.05, 0) is 44.9 Å². The maximum Gasteiger partial charge on any atom is 0.267 e. The van der Waals surface area contributed by atoms with Crippen LogP contribution in [0.2, 0.25) is 0 Å². The van der Waals surface area contributed by atoms with Crippen LogP contribution in [-0.4, -0.2) is 29.6 Å². The summed E-state index contributed by atoms with van der Waals surface area (Å²) >= 11 is 0. The molecule has 4 heteroatoms. The molecule has 0 aliphatic carbocycles. The Morgan fingerprint density at radius 1 is 1.59 bits per heavy atom. The standard InChI is InChI=1S/C13H21N3O/c1-10-5-6-12(16(10)2)13(17)15-9-7-11-4-3-8-14-11/h5-6,11,14H,3-4,7-9H2,1-2H3,(H,15,17). The Hall–Kier alpha value is -1.29. The number of nitrogens with zero attached hydrogens (tertiary/aromatic N) is 1. The van der Waals surface area contributed by atoms with Crippen molar-refractivity contribution in [2.24, 2.45) is 7.05 Å². The fourth-order valence-corrected chi connectivity index (χ4v) is 2.29. The number of carbonyl (C=O) groups excluding carboxylic acids is 1. The molecular weight excluding hydrogens is 214 g/mol. The number of nitrogens with one attached hydrogen (secondary N) is 2. The highest BCUT2D eigenvalue weighted by Gasteiger charge is 2.15. The Morgan fingerprint density at radius 2 is 2.41 bits per heavy atom. The topological polar surface area (TPSA) is 46.1 Å². The van der Waals surface area contributed by atoms with Crippen LogP contribution >= 0.6 is 0 Å². The first-order chi connectivity index (χ1) is 8.18. The van der Waals surface area contributed by atoms with Crippen LogP contribution in [0, 0.1) is 6.92 Å². The van der Waals surface area contributed by atoms with Gasteiger partial charge in [-0.15, -0.1) is 0 Å². The number of hydrogen-bond acceptors (Lipinski definition) is 2. The van der Waals surface area contributed by atoms with Crippen molar-refractivity contribution < 1.29 is 4.79 Å². The van der Waals surface area contributed by atoms with Crippen LogP contribution in [0.15, 0.2) is 12.1 Å². The van der Waals surface area contributed by atoms with Gasteiger partial charge in [-0.2, -0.15) is 0 Å². The lowest BCUT2D eigenvalue weighted by Crippen LogP contribution is -2.31. The third kappa shape index (κ3) is 2.88. The molecule has 1 aliphatic rings. The number of carbonyl (C=O) groups is 1. The maximum absolute atomic E-state index is 11.9. The van der Waals surface area contributed by atoms with E-state index in [1.807, 2.05) is 30.7 Å². The zero-order valence-corrected chi connectivity index (χ0v) is 10.6. The van der Waals surface area contributed by atoms with Gasteiger partial charge < -0.3 is 15.2 Å². The molecule has 2 heterocycles. The Balaban J connectivity index is 1.79. The SMILES string of the molecule is Cc1ccc(C(=O)NCCC2CCCN2)n1C. The lowest BCUT2D eigenvalue weighted by molar-refractivity contribution is 0.0944. The molecule has 1 unspecified atom stereocenters. The Labute approximate surface area is 102 Å². The Morgan fingerprint density at radius 3 is 3.00 bits per heavy atom. The predicted molar refractivity (Wildman–Crippen MR) is 68.1 cm³/mol. The number of aromatic nitrogens is 1. The molecule has 1 aromatic heterocycles. The zero-order valence-electron chi connectivity index (χ0n) is 10.6. The van der Waals surface area contributed by atoms with Crippen LogP contribution < -0.4 is 10.6 Å². The van der Waals surface area contributed by atoms with Crippen LogP contribution in [0.5, 0.6) is 0 Å².